The van der Waals surface area contributed by atoms with Gasteiger partial charge in [-0.2, -0.15) is 0 Å². The third-order valence-corrected chi connectivity index (χ3v) is 5.81. The standard InChI is InChI=1S/C22H24O6/c1-24-17-6-5-12(7-18(17)25-2)21-13-8-19(26-3)20(27-4)9-14(13)22(23)16-11-28-10-15(16)21/h5-9,15-16,21H,10-11H2,1-4H3/t15-,16-,21-/m0/s1. The zero-order valence-electron chi connectivity index (χ0n) is 16.5. The summed E-state index contributed by atoms with van der Waals surface area (Å²) in [5.41, 5.74) is 2.66. The molecule has 0 unspecified atom stereocenters. The van der Waals surface area contributed by atoms with Gasteiger partial charge in [-0.3, -0.25) is 4.79 Å². The van der Waals surface area contributed by atoms with E-state index in [9.17, 15) is 4.79 Å². The van der Waals surface area contributed by atoms with Crippen molar-refractivity contribution in [3.63, 3.8) is 0 Å². The number of hydrogen-bond donors (Lipinski definition) is 0. The third-order valence-electron chi connectivity index (χ3n) is 5.81. The number of rotatable bonds is 5. The number of ketones is 1. The van der Waals surface area contributed by atoms with E-state index >= 15 is 0 Å². The Hall–Kier alpha value is -2.73. The number of fused-ring (bicyclic) bond motifs is 2. The molecule has 2 aromatic rings. The maximum Gasteiger partial charge on any atom is 0.169 e. The van der Waals surface area contributed by atoms with Crippen molar-refractivity contribution in [2.24, 2.45) is 11.8 Å². The zero-order chi connectivity index (χ0) is 19.8. The van der Waals surface area contributed by atoms with Crippen molar-refractivity contribution in [3.8, 4) is 23.0 Å². The molecule has 4 rings (SSSR count). The lowest BCUT2D eigenvalue weighted by Gasteiger charge is -2.34. The summed E-state index contributed by atoms with van der Waals surface area (Å²) in [6, 6.07) is 9.61. The van der Waals surface area contributed by atoms with Gasteiger partial charge in [0.25, 0.3) is 0 Å². The number of carbonyl (C=O) groups excluding carboxylic acids is 1. The molecule has 1 aliphatic carbocycles. The summed E-state index contributed by atoms with van der Waals surface area (Å²) in [4.78, 5) is 13.1. The molecule has 2 aliphatic rings. The van der Waals surface area contributed by atoms with Gasteiger partial charge in [-0.05, 0) is 35.4 Å². The maximum atomic E-state index is 13.1. The van der Waals surface area contributed by atoms with Crippen LogP contribution in [0.15, 0.2) is 30.3 Å². The zero-order valence-corrected chi connectivity index (χ0v) is 16.5. The van der Waals surface area contributed by atoms with E-state index in [2.05, 4.69) is 0 Å². The van der Waals surface area contributed by atoms with Crippen molar-refractivity contribution in [3.05, 3.63) is 47.0 Å². The molecule has 6 nitrogen and oxygen atoms in total. The van der Waals surface area contributed by atoms with E-state index in [4.69, 9.17) is 23.7 Å². The van der Waals surface area contributed by atoms with Crippen LogP contribution >= 0.6 is 0 Å². The molecule has 0 saturated carbocycles. The Morgan fingerprint density at radius 3 is 2.14 bits per heavy atom. The Bertz CT molecular complexity index is 906. The second-order valence-electron chi connectivity index (χ2n) is 7.06. The van der Waals surface area contributed by atoms with Crippen molar-refractivity contribution in [1.82, 2.24) is 0 Å². The maximum absolute atomic E-state index is 13.1. The first kappa shape index (κ1) is 18.6. The number of hydrogen-bond acceptors (Lipinski definition) is 6. The average molecular weight is 384 g/mol. The minimum Gasteiger partial charge on any atom is -0.493 e. The lowest BCUT2D eigenvalue weighted by molar-refractivity contribution is 0.0865. The molecule has 0 bridgehead atoms. The van der Waals surface area contributed by atoms with Gasteiger partial charge in [0.05, 0.1) is 47.6 Å². The molecule has 0 aromatic heterocycles. The van der Waals surface area contributed by atoms with E-state index in [1.165, 1.54) is 0 Å². The molecule has 6 heteroatoms. The van der Waals surface area contributed by atoms with Gasteiger partial charge < -0.3 is 23.7 Å². The molecule has 1 fully saturated rings. The average Bonchev–Trinajstić information content (AvgIpc) is 3.22. The molecule has 1 heterocycles. The predicted octanol–water partition coefficient (Wildman–Crippen LogP) is 3.31. The van der Waals surface area contributed by atoms with Crippen molar-refractivity contribution in [2.75, 3.05) is 41.7 Å². The summed E-state index contributed by atoms with van der Waals surface area (Å²) < 4.78 is 27.5. The third kappa shape index (κ3) is 2.79. The molecule has 0 N–H and O–H groups in total. The molecule has 1 saturated heterocycles. The van der Waals surface area contributed by atoms with E-state index in [1.807, 2.05) is 24.3 Å². The van der Waals surface area contributed by atoms with Crippen LogP contribution in [-0.4, -0.2) is 47.4 Å². The fourth-order valence-corrected chi connectivity index (χ4v) is 4.44. The molecular formula is C22H24O6. The minimum atomic E-state index is -0.163. The number of benzene rings is 2. The van der Waals surface area contributed by atoms with E-state index in [0.29, 0.717) is 41.8 Å². The van der Waals surface area contributed by atoms with Crippen LogP contribution in [0.4, 0.5) is 0 Å². The highest BCUT2D eigenvalue weighted by Gasteiger charge is 2.46. The number of carbonyl (C=O) groups is 1. The highest BCUT2D eigenvalue weighted by molar-refractivity contribution is 6.02. The second kappa shape index (κ2) is 7.36. The van der Waals surface area contributed by atoms with Crippen molar-refractivity contribution < 1.29 is 28.5 Å². The number of methoxy groups -OCH3 is 4. The molecule has 0 amide bonds. The second-order valence-corrected chi connectivity index (χ2v) is 7.06. The molecule has 148 valence electrons. The van der Waals surface area contributed by atoms with E-state index < -0.39 is 0 Å². The van der Waals surface area contributed by atoms with Crippen LogP contribution < -0.4 is 18.9 Å². The molecule has 28 heavy (non-hydrogen) atoms. The fraction of sp³-hybridized carbons (Fsp3) is 0.409. The Kier molecular flexibility index (Phi) is 4.89. The highest BCUT2D eigenvalue weighted by atomic mass is 16.5. The van der Waals surface area contributed by atoms with Crippen molar-refractivity contribution >= 4 is 5.78 Å². The van der Waals surface area contributed by atoms with Gasteiger partial charge in [0.15, 0.2) is 28.8 Å². The first-order valence-electron chi connectivity index (χ1n) is 9.22. The predicted molar refractivity (Wildman–Crippen MR) is 103 cm³/mol. The van der Waals surface area contributed by atoms with Crippen LogP contribution in [0.25, 0.3) is 0 Å². The van der Waals surface area contributed by atoms with Gasteiger partial charge in [-0.15, -0.1) is 0 Å². The molecular weight excluding hydrogens is 360 g/mol. The molecule has 2 aromatic carbocycles. The van der Waals surface area contributed by atoms with Gasteiger partial charge in [-0.25, -0.2) is 0 Å². The van der Waals surface area contributed by atoms with Crippen LogP contribution in [0.1, 0.15) is 27.4 Å². The summed E-state index contributed by atoms with van der Waals surface area (Å²) in [7, 11) is 6.41. The van der Waals surface area contributed by atoms with Gasteiger partial charge in [0.1, 0.15) is 0 Å². The molecule has 3 atom stereocenters. The Morgan fingerprint density at radius 1 is 0.821 bits per heavy atom. The van der Waals surface area contributed by atoms with Gasteiger partial charge in [-0.1, -0.05) is 6.07 Å². The van der Waals surface area contributed by atoms with Gasteiger partial charge in [0, 0.05) is 17.4 Å². The summed E-state index contributed by atoms with van der Waals surface area (Å²) in [6.45, 7) is 0.990. The molecule has 1 aliphatic heterocycles. The molecule has 0 radical (unpaired) electrons. The highest BCUT2D eigenvalue weighted by Crippen LogP contribution is 2.49. The lowest BCUT2D eigenvalue weighted by atomic mass is 9.67. The summed E-state index contributed by atoms with van der Waals surface area (Å²) in [6.07, 6.45) is 0. The van der Waals surface area contributed by atoms with Gasteiger partial charge >= 0.3 is 0 Å². The summed E-state index contributed by atoms with van der Waals surface area (Å²) in [5, 5.41) is 0. The topological polar surface area (TPSA) is 63.2 Å². The SMILES string of the molecule is COc1ccc([C@H]2c3cc(OC)c(OC)cc3C(=O)[C@H]3COC[C@H]23)cc1OC. The minimum absolute atomic E-state index is 0.0141. The quantitative estimate of drug-likeness (QED) is 0.788. The van der Waals surface area contributed by atoms with Crippen molar-refractivity contribution in [2.45, 2.75) is 5.92 Å². The van der Waals surface area contributed by atoms with Crippen LogP contribution in [0, 0.1) is 11.8 Å². The normalized spacial score (nSPS) is 23.0. The van der Waals surface area contributed by atoms with E-state index in [-0.39, 0.29) is 23.5 Å². The van der Waals surface area contributed by atoms with Crippen molar-refractivity contribution in [1.29, 1.82) is 0 Å². The first-order valence-corrected chi connectivity index (χ1v) is 9.22. The Labute approximate surface area is 164 Å². The molecule has 0 spiro atoms. The van der Waals surface area contributed by atoms with E-state index in [0.717, 1.165) is 11.1 Å². The summed E-state index contributed by atoms with van der Waals surface area (Å²) in [5.74, 6) is 2.49. The van der Waals surface area contributed by atoms with Crippen LogP contribution in [0.5, 0.6) is 23.0 Å². The number of Topliss-reactive ketones (excluding diaryl/α,β-unsaturated/α-hetero) is 1. The Balaban J connectivity index is 1.91. The van der Waals surface area contributed by atoms with E-state index in [1.54, 1.807) is 34.5 Å². The summed E-state index contributed by atoms with van der Waals surface area (Å²) >= 11 is 0. The van der Waals surface area contributed by atoms with Crippen LogP contribution in [0.3, 0.4) is 0 Å². The first-order chi connectivity index (χ1) is 13.6. The van der Waals surface area contributed by atoms with Crippen LogP contribution in [0.2, 0.25) is 0 Å². The smallest absolute Gasteiger partial charge is 0.169 e. The Morgan fingerprint density at radius 2 is 1.46 bits per heavy atom. The number of ether oxygens (including phenoxy) is 5. The van der Waals surface area contributed by atoms with Gasteiger partial charge in [0.2, 0.25) is 0 Å². The lowest BCUT2D eigenvalue weighted by Crippen LogP contribution is -2.34. The fourth-order valence-electron chi connectivity index (χ4n) is 4.44. The monoisotopic (exact) mass is 384 g/mol. The largest absolute Gasteiger partial charge is 0.493 e. The van der Waals surface area contributed by atoms with Crippen LogP contribution in [-0.2, 0) is 4.74 Å².